The topological polar surface area (TPSA) is 94.4 Å². The van der Waals surface area contributed by atoms with Gasteiger partial charge in [0.05, 0.1) is 16.4 Å². The number of furan rings is 1. The highest BCUT2D eigenvalue weighted by molar-refractivity contribution is 9.11. The molecule has 2 N–H and O–H groups in total. The molecule has 1 amide bonds. The Morgan fingerprint density at radius 1 is 1.18 bits per heavy atom. The minimum absolute atomic E-state index is 0.0488. The van der Waals surface area contributed by atoms with Crippen LogP contribution >= 0.6 is 27.3 Å². The fraction of sp³-hybridized carbons (Fsp3) is 0.276. The molecule has 0 aliphatic rings. The van der Waals surface area contributed by atoms with Crippen LogP contribution in [0, 0.1) is 18.7 Å². The zero-order chi connectivity index (χ0) is 27.8. The van der Waals surface area contributed by atoms with Crippen molar-refractivity contribution in [2.45, 2.75) is 33.4 Å². The van der Waals surface area contributed by atoms with E-state index < -0.39 is 17.4 Å². The first-order valence-corrected chi connectivity index (χ1v) is 14.2. The molecule has 10 heteroatoms. The Hall–Kier alpha value is -3.34. The van der Waals surface area contributed by atoms with Gasteiger partial charge in [0.2, 0.25) is 5.58 Å². The minimum atomic E-state index is -0.596. The summed E-state index contributed by atoms with van der Waals surface area (Å²) in [5, 5.41) is 0.409. The smallest absolute Gasteiger partial charge is 0.297 e. The van der Waals surface area contributed by atoms with Crippen molar-refractivity contribution < 1.29 is 13.6 Å². The number of hydrogen-bond acceptors (Lipinski definition) is 6. The zero-order valence-electron chi connectivity index (χ0n) is 21.8. The molecule has 5 rings (SSSR count). The van der Waals surface area contributed by atoms with Gasteiger partial charge >= 0.3 is 0 Å². The molecule has 3 heterocycles. The second-order valence-corrected chi connectivity index (χ2v) is 12.4. The fourth-order valence-corrected chi connectivity index (χ4v) is 6.32. The summed E-state index contributed by atoms with van der Waals surface area (Å²) in [6.45, 7) is 6.64. The molecule has 39 heavy (non-hydrogen) atoms. The van der Waals surface area contributed by atoms with Gasteiger partial charge in [-0.25, -0.2) is 9.37 Å². The van der Waals surface area contributed by atoms with Crippen LogP contribution in [0.15, 0.2) is 67.6 Å². The summed E-state index contributed by atoms with van der Waals surface area (Å²) in [4.78, 5) is 35.4. The number of nitrogens with zero attached hydrogens (tertiary/aromatic N) is 3. The first kappa shape index (κ1) is 27.2. The van der Waals surface area contributed by atoms with E-state index in [-0.39, 0.29) is 42.6 Å². The van der Waals surface area contributed by atoms with Gasteiger partial charge in [-0.3, -0.25) is 14.2 Å². The van der Waals surface area contributed by atoms with E-state index in [0.29, 0.717) is 22.4 Å². The van der Waals surface area contributed by atoms with E-state index in [9.17, 15) is 14.0 Å². The summed E-state index contributed by atoms with van der Waals surface area (Å²) in [7, 11) is 0. The molecule has 0 spiro atoms. The van der Waals surface area contributed by atoms with Gasteiger partial charge in [-0.15, -0.1) is 11.3 Å². The van der Waals surface area contributed by atoms with E-state index in [1.54, 1.807) is 21.6 Å². The normalized spacial score (nSPS) is 12.5. The Morgan fingerprint density at radius 2 is 1.92 bits per heavy atom. The molecule has 1 unspecified atom stereocenters. The molecule has 0 saturated heterocycles. The monoisotopic (exact) mass is 610 g/mol. The van der Waals surface area contributed by atoms with Crippen molar-refractivity contribution in [1.29, 1.82) is 0 Å². The number of fused-ring (bicyclic) bond motifs is 3. The molecular weight excluding hydrogens is 583 g/mol. The molecule has 0 bridgehead atoms. The summed E-state index contributed by atoms with van der Waals surface area (Å²) >= 11 is 5.00. The maximum atomic E-state index is 14.2. The van der Waals surface area contributed by atoms with Crippen molar-refractivity contribution in [3.8, 4) is 0 Å². The number of nitrogens with two attached hydrogens (primary N) is 1. The lowest BCUT2D eigenvalue weighted by molar-refractivity contribution is 0.0612. The number of aromatic nitrogens is 2. The molecule has 5 aromatic rings. The van der Waals surface area contributed by atoms with Crippen LogP contribution in [0.1, 0.15) is 46.5 Å². The standard InChI is InChI=1S/C29H28BrFN4O3S/c1-16(2)25(34(13-12-32)28(36)18-6-4-17(3)5-7-18)27-33-24-21-14-19(31)8-10-22(21)38-26(24)29(37)35(27)15-20-9-11-23(30)39-20/h4-11,14,16,25H,12-13,15,32H2,1-3H3. The van der Waals surface area contributed by atoms with Crippen LogP contribution in [0.4, 0.5) is 4.39 Å². The Balaban J connectivity index is 1.76. The fourth-order valence-electron chi connectivity index (χ4n) is 4.85. The van der Waals surface area contributed by atoms with Gasteiger partial charge in [-0.1, -0.05) is 31.5 Å². The van der Waals surface area contributed by atoms with Gasteiger partial charge in [-0.05, 0) is 71.2 Å². The van der Waals surface area contributed by atoms with E-state index in [1.165, 1.54) is 29.5 Å². The van der Waals surface area contributed by atoms with Crippen LogP contribution in [0.25, 0.3) is 22.1 Å². The molecule has 202 valence electrons. The molecule has 2 aromatic carbocycles. The van der Waals surface area contributed by atoms with E-state index >= 15 is 0 Å². The molecule has 0 radical (unpaired) electrons. The number of hydrogen-bond donors (Lipinski definition) is 1. The van der Waals surface area contributed by atoms with Crippen molar-refractivity contribution in [3.63, 3.8) is 0 Å². The maximum absolute atomic E-state index is 14.2. The van der Waals surface area contributed by atoms with E-state index in [4.69, 9.17) is 15.1 Å². The van der Waals surface area contributed by atoms with Gasteiger partial charge in [0.1, 0.15) is 22.7 Å². The molecule has 0 saturated carbocycles. The Bertz CT molecular complexity index is 1720. The van der Waals surface area contributed by atoms with E-state index in [1.807, 2.05) is 45.0 Å². The van der Waals surface area contributed by atoms with Crippen LogP contribution in [0.5, 0.6) is 0 Å². The summed E-state index contributed by atoms with van der Waals surface area (Å²) in [5.74, 6) is -0.401. The number of benzene rings is 2. The zero-order valence-corrected chi connectivity index (χ0v) is 24.2. The maximum Gasteiger partial charge on any atom is 0.297 e. The predicted molar refractivity (Wildman–Crippen MR) is 156 cm³/mol. The van der Waals surface area contributed by atoms with E-state index in [0.717, 1.165) is 14.2 Å². The second kappa shape index (κ2) is 11.0. The molecule has 7 nitrogen and oxygen atoms in total. The molecule has 0 fully saturated rings. The van der Waals surface area contributed by atoms with Crippen molar-refractivity contribution >= 4 is 55.2 Å². The van der Waals surface area contributed by atoms with Gasteiger partial charge in [-0.2, -0.15) is 0 Å². The summed E-state index contributed by atoms with van der Waals surface area (Å²) in [6, 6.07) is 14.7. The first-order valence-electron chi connectivity index (χ1n) is 12.6. The largest absolute Gasteiger partial charge is 0.448 e. The number of thiophene rings is 1. The van der Waals surface area contributed by atoms with Crippen molar-refractivity contribution in [3.05, 3.63) is 96.4 Å². The average Bonchev–Trinajstić information content (AvgIpc) is 3.48. The average molecular weight is 612 g/mol. The highest BCUT2D eigenvalue weighted by atomic mass is 79.9. The summed E-state index contributed by atoms with van der Waals surface area (Å²) < 4.78 is 22.6. The van der Waals surface area contributed by atoms with Crippen LogP contribution in [-0.2, 0) is 6.54 Å². The van der Waals surface area contributed by atoms with Crippen molar-refractivity contribution in [2.75, 3.05) is 13.1 Å². The number of carbonyl (C=O) groups is 1. The van der Waals surface area contributed by atoms with E-state index in [2.05, 4.69) is 15.9 Å². The van der Waals surface area contributed by atoms with Gasteiger partial charge in [0.25, 0.3) is 11.5 Å². The Morgan fingerprint density at radius 3 is 2.56 bits per heavy atom. The highest BCUT2D eigenvalue weighted by Gasteiger charge is 2.33. The van der Waals surface area contributed by atoms with Crippen LogP contribution in [0.3, 0.4) is 0 Å². The van der Waals surface area contributed by atoms with Crippen LogP contribution in [-0.4, -0.2) is 33.4 Å². The number of amides is 1. The highest BCUT2D eigenvalue weighted by Crippen LogP contribution is 2.33. The third kappa shape index (κ3) is 5.28. The first-order chi connectivity index (χ1) is 18.7. The van der Waals surface area contributed by atoms with Gasteiger partial charge in [0.15, 0.2) is 0 Å². The SMILES string of the molecule is Cc1ccc(C(=O)N(CCN)C(c2nc3c(oc4ccc(F)cc43)c(=O)n2Cc2ccc(Br)s2)C(C)C)cc1. The van der Waals surface area contributed by atoms with Gasteiger partial charge < -0.3 is 15.1 Å². The molecule has 1 atom stereocenters. The lowest BCUT2D eigenvalue weighted by Gasteiger charge is -2.35. The molecular formula is C29H28BrFN4O3S. The summed E-state index contributed by atoms with van der Waals surface area (Å²) in [5.41, 5.74) is 7.86. The Labute approximate surface area is 237 Å². The van der Waals surface area contributed by atoms with Gasteiger partial charge in [0, 0.05) is 28.9 Å². The lowest BCUT2D eigenvalue weighted by atomic mass is 9.99. The quantitative estimate of drug-likeness (QED) is 0.224. The predicted octanol–water partition coefficient (Wildman–Crippen LogP) is 6.26. The Kier molecular flexibility index (Phi) is 7.70. The number of halogens is 2. The third-order valence-corrected chi connectivity index (χ3v) is 8.28. The molecule has 0 aliphatic carbocycles. The molecule has 3 aromatic heterocycles. The second-order valence-electron chi connectivity index (χ2n) is 9.83. The van der Waals surface area contributed by atoms with Crippen molar-refractivity contribution in [2.24, 2.45) is 11.7 Å². The summed E-state index contributed by atoms with van der Waals surface area (Å²) in [6.07, 6.45) is 0. The molecule has 0 aliphatic heterocycles. The van der Waals surface area contributed by atoms with Crippen LogP contribution < -0.4 is 11.3 Å². The third-order valence-electron chi connectivity index (χ3n) is 6.67. The minimum Gasteiger partial charge on any atom is -0.448 e. The van der Waals surface area contributed by atoms with Crippen LogP contribution in [0.2, 0.25) is 0 Å². The van der Waals surface area contributed by atoms with Crippen molar-refractivity contribution in [1.82, 2.24) is 14.5 Å². The number of aryl methyl sites for hydroxylation is 1. The number of carbonyl (C=O) groups excluding carboxylic acids is 1. The lowest BCUT2D eigenvalue weighted by Crippen LogP contribution is -2.43. The number of rotatable bonds is 8.